The molecule has 0 spiro atoms. The van der Waals surface area contributed by atoms with E-state index >= 15 is 0 Å². The molecule has 112 valence electrons. The first-order valence-electron chi connectivity index (χ1n) is 6.25. The quantitative estimate of drug-likeness (QED) is 0.844. The fourth-order valence-electron chi connectivity index (χ4n) is 1.90. The lowest BCUT2D eigenvalue weighted by Crippen LogP contribution is -2.49. The first kappa shape index (κ1) is 15.2. The SMILES string of the molecule is Cc1nc(CNC(=O)N2CCOC(C#N)C2)sc1C(=O)O. The van der Waals surface area contributed by atoms with Gasteiger partial charge in [-0.2, -0.15) is 5.26 Å². The zero-order valence-electron chi connectivity index (χ0n) is 11.3. The highest BCUT2D eigenvalue weighted by Crippen LogP contribution is 2.17. The zero-order chi connectivity index (χ0) is 15.4. The smallest absolute Gasteiger partial charge is 0.347 e. The van der Waals surface area contributed by atoms with E-state index in [1.165, 1.54) is 4.90 Å². The van der Waals surface area contributed by atoms with Crippen LogP contribution in [0.15, 0.2) is 0 Å². The predicted molar refractivity (Wildman–Crippen MR) is 73.0 cm³/mol. The van der Waals surface area contributed by atoms with Gasteiger partial charge in [0.05, 0.1) is 31.5 Å². The molecule has 1 unspecified atom stereocenters. The van der Waals surface area contributed by atoms with E-state index in [0.717, 1.165) is 11.3 Å². The van der Waals surface area contributed by atoms with Gasteiger partial charge >= 0.3 is 12.0 Å². The maximum absolute atomic E-state index is 12.0. The van der Waals surface area contributed by atoms with Crippen molar-refractivity contribution >= 4 is 23.3 Å². The summed E-state index contributed by atoms with van der Waals surface area (Å²) in [7, 11) is 0. The van der Waals surface area contributed by atoms with E-state index < -0.39 is 12.1 Å². The monoisotopic (exact) mass is 310 g/mol. The van der Waals surface area contributed by atoms with Crippen LogP contribution >= 0.6 is 11.3 Å². The summed E-state index contributed by atoms with van der Waals surface area (Å²) in [5.74, 6) is -1.02. The lowest BCUT2D eigenvalue weighted by Gasteiger charge is -2.29. The number of hydrogen-bond donors (Lipinski definition) is 2. The number of urea groups is 1. The van der Waals surface area contributed by atoms with E-state index in [1.807, 2.05) is 6.07 Å². The largest absolute Gasteiger partial charge is 0.477 e. The normalized spacial score (nSPS) is 18.1. The van der Waals surface area contributed by atoms with Crippen molar-refractivity contribution in [2.75, 3.05) is 19.7 Å². The summed E-state index contributed by atoms with van der Waals surface area (Å²) < 4.78 is 5.16. The third-order valence-electron chi connectivity index (χ3n) is 2.92. The van der Waals surface area contributed by atoms with Crippen LogP contribution in [0.3, 0.4) is 0 Å². The molecule has 1 atom stereocenters. The van der Waals surface area contributed by atoms with Crippen molar-refractivity contribution in [3.63, 3.8) is 0 Å². The van der Waals surface area contributed by atoms with Crippen LogP contribution in [0, 0.1) is 18.3 Å². The number of carbonyl (C=O) groups is 2. The number of carboxylic acids is 1. The van der Waals surface area contributed by atoms with Gasteiger partial charge in [-0.25, -0.2) is 14.6 Å². The van der Waals surface area contributed by atoms with Gasteiger partial charge in [0.2, 0.25) is 0 Å². The Balaban J connectivity index is 1.91. The molecule has 1 fully saturated rings. The predicted octanol–water partition coefficient (Wildman–Crippen LogP) is 0.584. The number of ether oxygens (including phenoxy) is 1. The van der Waals surface area contributed by atoms with Crippen LogP contribution in [0.2, 0.25) is 0 Å². The summed E-state index contributed by atoms with van der Waals surface area (Å²) in [6.07, 6.45) is -0.606. The van der Waals surface area contributed by atoms with Crippen molar-refractivity contribution in [3.05, 3.63) is 15.6 Å². The highest BCUT2D eigenvalue weighted by molar-refractivity contribution is 7.13. The van der Waals surface area contributed by atoms with Gasteiger partial charge in [-0.3, -0.25) is 0 Å². The molecule has 2 heterocycles. The number of aromatic carboxylic acids is 1. The van der Waals surface area contributed by atoms with E-state index in [9.17, 15) is 9.59 Å². The number of hydrogen-bond acceptors (Lipinski definition) is 6. The number of thiazole rings is 1. The molecule has 0 aromatic carbocycles. The number of aromatic nitrogens is 1. The van der Waals surface area contributed by atoms with Gasteiger partial charge in [-0.05, 0) is 6.92 Å². The molecule has 0 saturated carbocycles. The molecular formula is C12H14N4O4S. The summed E-state index contributed by atoms with van der Waals surface area (Å²) >= 11 is 1.04. The lowest BCUT2D eigenvalue weighted by atomic mass is 10.3. The fourth-order valence-corrected chi connectivity index (χ4v) is 2.74. The maximum atomic E-state index is 12.0. The second-order valence-corrected chi connectivity index (χ2v) is 5.50. The van der Waals surface area contributed by atoms with Crippen molar-refractivity contribution in [3.8, 4) is 6.07 Å². The first-order chi connectivity index (χ1) is 10.0. The maximum Gasteiger partial charge on any atom is 0.347 e. The van der Waals surface area contributed by atoms with Crippen molar-refractivity contribution in [1.82, 2.24) is 15.2 Å². The molecule has 1 aliphatic heterocycles. The Labute approximate surface area is 125 Å². The Kier molecular flexibility index (Phi) is 4.72. The van der Waals surface area contributed by atoms with Crippen LogP contribution in [-0.2, 0) is 11.3 Å². The van der Waals surface area contributed by atoms with Crippen LogP contribution < -0.4 is 5.32 Å². The summed E-state index contributed by atoms with van der Waals surface area (Å²) in [5.41, 5.74) is 0.438. The van der Waals surface area contributed by atoms with Gasteiger partial charge in [-0.15, -0.1) is 11.3 Å². The van der Waals surface area contributed by atoms with E-state index in [1.54, 1.807) is 6.92 Å². The van der Waals surface area contributed by atoms with Crippen LogP contribution in [0.4, 0.5) is 4.79 Å². The Bertz CT molecular complexity index is 595. The van der Waals surface area contributed by atoms with Crippen LogP contribution in [0.5, 0.6) is 0 Å². The molecule has 2 N–H and O–H groups in total. The summed E-state index contributed by atoms with van der Waals surface area (Å²) in [4.78, 5) is 28.7. The number of aryl methyl sites for hydroxylation is 1. The number of morpholine rings is 1. The number of nitrogens with one attached hydrogen (secondary N) is 1. The van der Waals surface area contributed by atoms with Crippen molar-refractivity contribution in [1.29, 1.82) is 5.26 Å². The first-order valence-corrected chi connectivity index (χ1v) is 7.06. The van der Waals surface area contributed by atoms with E-state index in [4.69, 9.17) is 15.1 Å². The molecule has 2 rings (SSSR count). The summed E-state index contributed by atoms with van der Waals surface area (Å²) in [5, 5.41) is 20.9. The third kappa shape index (κ3) is 3.68. The number of amides is 2. The fraction of sp³-hybridized carbons (Fsp3) is 0.500. The van der Waals surface area contributed by atoms with Crippen LogP contribution in [0.25, 0.3) is 0 Å². The van der Waals surface area contributed by atoms with Gasteiger partial charge in [0.15, 0.2) is 6.10 Å². The Morgan fingerprint density at radius 1 is 1.67 bits per heavy atom. The summed E-state index contributed by atoms with van der Waals surface area (Å²) in [6, 6.07) is 1.65. The number of nitriles is 1. The molecular weight excluding hydrogens is 296 g/mol. The average molecular weight is 310 g/mol. The molecule has 8 nitrogen and oxygen atoms in total. The Hall–Kier alpha value is -2.18. The second-order valence-electron chi connectivity index (χ2n) is 4.42. The van der Waals surface area contributed by atoms with E-state index in [-0.39, 0.29) is 24.0 Å². The van der Waals surface area contributed by atoms with Crippen molar-refractivity contribution < 1.29 is 19.4 Å². The summed E-state index contributed by atoms with van der Waals surface area (Å²) in [6.45, 7) is 2.74. The van der Waals surface area contributed by atoms with E-state index in [0.29, 0.717) is 23.9 Å². The number of carboxylic acid groups (broad SMARTS) is 1. The molecule has 0 radical (unpaired) electrons. The highest BCUT2D eigenvalue weighted by atomic mass is 32.1. The topological polar surface area (TPSA) is 116 Å². The van der Waals surface area contributed by atoms with Crippen molar-refractivity contribution in [2.24, 2.45) is 0 Å². The van der Waals surface area contributed by atoms with Gasteiger partial charge in [0, 0.05) is 6.54 Å². The number of nitrogens with zero attached hydrogens (tertiary/aromatic N) is 3. The minimum absolute atomic E-state index is 0.159. The average Bonchev–Trinajstić information content (AvgIpc) is 2.86. The molecule has 1 aliphatic rings. The molecule has 1 aromatic rings. The van der Waals surface area contributed by atoms with Gasteiger partial charge in [-0.1, -0.05) is 0 Å². The van der Waals surface area contributed by atoms with Gasteiger partial charge < -0.3 is 20.1 Å². The minimum Gasteiger partial charge on any atom is -0.477 e. The zero-order valence-corrected chi connectivity index (χ0v) is 12.1. The molecule has 1 saturated heterocycles. The molecule has 2 amide bonds. The minimum atomic E-state index is -1.02. The standard InChI is InChI=1S/C12H14N4O4S/c1-7-10(11(17)18)21-9(15-7)5-14-12(19)16-2-3-20-8(4-13)6-16/h8H,2-3,5-6H2,1H3,(H,14,19)(H,17,18). The van der Waals surface area contributed by atoms with Crippen LogP contribution in [0.1, 0.15) is 20.4 Å². The molecule has 0 aliphatic carbocycles. The molecule has 9 heteroatoms. The molecule has 0 bridgehead atoms. The third-order valence-corrected chi connectivity index (χ3v) is 4.07. The Morgan fingerprint density at radius 2 is 2.43 bits per heavy atom. The number of carbonyl (C=O) groups excluding carboxylic acids is 1. The van der Waals surface area contributed by atoms with Gasteiger partial charge in [0.1, 0.15) is 9.88 Å². The van der Waals surface area contributed by atoms with Crippen molar-refractivity contribution in [2.45, 2.75) is 19.6 Å². The van der Waals surface area contributed by atoms with E-state index in [2.05, 4.69) is 10.3 Å². The second kappa shape index (κ2) is 6.51. The highest BCUT2D eigenvalue weighted by Gasteiger charge is 2.24. The van der Waals surface area contributed by atoms with Gasteiger partial charge in [0.25, 0.3) is 0 Å². The number of rotatable bonds is 3. The molecule has 21 heavy (non-hydrogen) atoms. The lowest BCUT2D eigenvalue weighted by molar-refractivity contribution is 0.0157. The Morgan fingerprint density at radius 3 is 3.05 bits per heavy atom. The van der Waals surface area contributed by atoms with Crippen LogP contribution in [-0.4, -0.2) is 52.8 Å². The molecule has 1 aromatic heterocycles.